The van der Waals surface area contributed by atoms with Crippen molar-refractivity contribution in [3.63, 3.8) is 0 Å². The van der Waals surface area contributed by atoms with E-state index in [2.05, 4.69) is 22.2 Å². The van der Waals surface area contributed by atoms with Crippen molar-refractivity contribution < 1.29 is 19.4 Å². The van der Waals surface area contributed by atoms with Crippen LogP contribution < -0.4 is 20.3 Å². The van der Waals surface area contributed by atoms with Gasteiger partial charge in [-0.2, -0.15) is 0 Å². The Balaban J connectivity index is 1.27. The Labute approximate surface area is 231 Å². The van der Waals surface area contributed by atoms with E-state index in [1.165, 1.54) is 36.7 Å². The summed E-state index contributed by atoms with van der Waals surface area (Å²) >= 11 is 1.27. The number of aryl methyl sites for hydroxylation is 1. The molecule has 1 aromatic carbocycles. The van der Waals surface area contributed by atoms with Crippen molar-refractivity contribution in [2.75, 3.05) is 23.3 Å². The van der Waals surface area contributed by atoms with E-state index < -0.39 is 6.23 Å². The Morgan fingerprint density at radius 3 is 2.85 bits per heavy atom. The molecular weight excluding hydrogens is 514 g/mol. The third-order valence-corrected chi connectivity index (χ3v) is 8.95. The van der Waals surface area contributed by atoms with Gasteiger partial charge in [-0.05, 0) is 74.9 Å². The smallest absolute Gasteiger partial charge is 0.331 e. The highest BCUT2D eigenvalue weighted by Crippen LogP contribution is 2.46. The first kappa shape index (κ1) is 25.8. The lowest BCUT2D eigenvalue weighted by Gasteiger charge is -2.30. The van der Waals surface area contributed by atoms with Gasteiger partial charge in [0.2, 0.25) is 0 Å². The fourth-order valence-corrected chi connectivity index (χ4v) is 6.88. The van der Waals surface area contributed by atoms with Crippen molar-refractivity contribution in [3.8, 4) is 5.75 Å². The number of hydrogen-bond acceptors (Lipinski definition) is 7. The fraction of sp³-hybridized carbons (Fsp3) is 0.414. The van der Waals surface area contributed by atoms with Crippen molar-refractivity contribution in [2.45, 2.75) is 63.8 Å². The zero-order valence-corrected chi connectivity index (χ0v) is 22.8. The van der Waals surface area contributed by atoms with Gasteiger partial charge in [0.15, 0.2) is 0 Å². The van der Waals surface area contributed by atoms with Crippen LogP contribution in [0.4, 0.5) is 21.9 Å². The van der Waals surface area contributed by atoms with E-state index in [-0.39, 0.29) is 24.1 Å². The minimum atomic E-state index is -0.731. The lowest BCUT2D eigenvalue weighted by molar-refractivity contribution is 0.0591. The van der Waals surface area contributed by atoms with Gasteiger partial charge in [-0.15, -0.1) is 11.3 Å². The number of nitrogens with one attached hydrogen (secondary N) is 2. The highest BCUT2D eigenvalue weighted by atomic mass is 32.1. The molecule has 39 heavy (non-hydrogen) atoms. The highest BCUT2D eigenvalue weighted by molar-refractivity contribution is 7.21. The predicted molar refractivity (Wildman–Crippen MR) is 153 cm³/mol. The number of rotatable bonds is 7. The van der Waals surface area contributed by atoms with E-state index in [1.807, 2.05) is 36.1 Å². The maximum Gasteiger partial charge on any atom is 0.331 e. The Bertz CT molecular complexity index is 1430. The molecule has 1 aliphatic carbocycles. The van der Waals surface area contributed by atoms with Gasteiger partial charge in [0.05, 0.1) is 28.6 Å². The maximum atomic E-state index is 13.5. The zero-order chi connectivity index (χ0) is 27.1. The predicted octanol–water partition coefficient (Wildman–Crippen LogP) is 5.31. The van der Waals surface area contributed by atoms with E-state index in [1.54, 1.807) is 11.1 Å². The molecule has 0 bridgehead atoms. The first-order valence-electron chi connectivity index (χ1n) is 13.6. The molecule has 0 spiro atoms. The summed E-state index contributed by atoms with van der Waals surface area (Å²) in [4.78, 5) is 36.0. The molecule has 4 heterocycles. The number of likely N-dealkylation sites (tertiary alicyclic amines) is 1. The SMILES string of the molecule is C=CC(O)N1CC[C@@H](NC(=O)c2sc3nccc4c3c2NC(=O)N4c2ccc(OC3CCCCC3)cc2C)C1. The number of nitrogens with zero attached hydrogens (tertiary/aromatic N) is 3. The molecule has 10 heteroatoms. The van der Waals surface area contributed by atoms with Crippen LogP contribution in [0.3, 0.4) is 0 Å². The molecule has 0 radical (unpaired) electrons. The second-order valence-corrected chi connectivity index (χ2v) is 11.5. The largest absolute Gasteiger partial charge is 0.490 e. The summed E-state index contributed by atoms with van der Waals surface area (Å²) in [5.74, 6) is 0.565. The standard InChI is InChI=1S/C29H33N5O4S/c1-3-23(35)33-14-12-18(16-33)31-27(36)26-25-24-22(11-13-30-28(24)39-26)34(29(37)32-25)21-10-9-20(15-17(21)2)38-19-7-5-4-6-8-19/h3,9-11,13,15,18-19,23,35H,1,4-8,12,14,16H2,2H3,(H,31,36)(H,32,37)/t18-,23?/m1/s1. The average Bonchev–Trinajstić information content (AvgIpc) is 3.55. The lowest BCUT2D eigenvalue weighted by atomic mass is 9.98. The van der Waals surface area contributed by atoms with Crippen molar-refractivity contribution in [3.05, 3.63) is 53.6 Å². The molecule has 1 unspecified atom stereocenters. The number of hydrogen-bond donors (Lipinski definition) is 3. The van der Waals surface area contributed by atoms with Crippen LogP contribution in [0.25, 0.3) is 10.2 Å². The van der Waals surface area contributed by atoms with Crippen LogP contribution in [-0.4, -0.2) is 58.4 Å². The Kier molecular flexibility index (Phi) is 7.01. The normalized spacial score (nSPS) is 20.6. The van der Waals surface area contributed by atoms with Crippen LogP contribution in [0.5, 0.6) is 5.75 Å². The molecule has 204 valence electrons. The zero-order valence-electron chi connectivity index (χ0n) is 22.0. The molecule has 3 N–H and O–H groups in total. The van der Waals surface area contributed by atoms with Gasteiger partial charge >= 0.3 is 6.03 Å². The van der Waals surface area contributed by atoms with Gasteiger partial charge < -0.3 is 20.5 Å². The molecule has 3 aromatic rings. The topological polar surface area (TPSA) is 107 Å². The van der Waals surface area contributed by atoms with E-state index in [9.17, 15) is 14.7 Å². The molecule has 3 aliphatic rings. The van der Waals surface area contributed by atoms with Crippen molar-refractivity contribution in [2.24, 2.45) is 0 Å². The monoisotopic (exact) mass is 547 g/mol. The minimum Gasteiger partial charge on any atom is -0.490 e. The number of carbonyl (C=O) groups is 2. The molecule has 3 amide bonds. The van der Waals surface area contributed by atoms with Crippen LogP contribution >= 0.6 is 11.3 Å². The second kappa shape index (κ2) is 10.6. The van der Waals surface area contributed by atoms with Crippen LogP contribution in [0.15, 0.2) is 43.1 Å². The summed E-state index contributed by atoms with van der Waals surface area (Å²) in [7, 11) is 0. The van der Waals surface area contributed by atoms with Gasteiger partial charge in [-0.3, -0.25) is 14.6 Å². The van der Waals surface area contributed by atoms with E-state index in [4.69, 9.17) is 4.74 Å². The van der Waals surface area contributed by atoms with Crippen LogP contribution in [-0.2, 0) is 0 Å². The van der Waals surface area contributed by atoms with Gasteiger partial charge in [0.1, 0.15) is 21.7 Å². The molecule has 6 rings (SSSR count). The minimum absolute atomic E-state index is 0.107. The van der Waals surface area contributed by atoms with E-state index >= 15 is 0 Å². The molecule has 2 fully saturated rings. The summed E-state index contributed by atoms with van der Waals surface area (Å²) in [5.41, 5.74) is 2.87. The average molecular weight is 548 g/mol. The van der Waals surface area contributed by atoms with E-state index in [0.29, 0.717) is 34.2 Å². The van der Waals surface area contributed by atoms with Gasteiger partial charge in [0, 0.05) is 25.3 Å². The molecule has 1 saturated carbocycles. The Hall–Kier alpha value is -3.47. The number of anilines is 3. The van der Waals surface area contributed by atoms with Crippen LogP contribution in [0, 0.1) is 6.92 Å². The molecule has 2 aromatic heterocycles. The van der Waals surface area contributed by atoms with Crippen molar-refractivity contribution in [1.29, 1.82) is 0 Å². The Morgan fingerprint density at radius 2 is 2.08 bits per heavy atom. The third kappa shape index (κ3) is 4.88. The van der Waals surface area contributed by atoms with Gasteiger partial charge in [-0.1, -0.05) is 13.0 Å². The molecule has 1 saturated heterocycles. The third-order valence-electron chi connectivity index (χ3n) is 7.86. The lowest BCUT2D eigenvalue weighted by Crippen LogP contribution is -2.39. The molecule has 2 atom stereocenters. The maximum absolute atomic E-state index is 13.5. The number of carbonyl (C=O) groups excluding carboxylic acids is 2. The van der Waals surface area contributed by atoms with E-state index in [0.717, 1.165) is 41.6 Å². The molecular formula is C29H33N5O4S. The summed E-state index contributed by atoms with van der Waals surface area (Å²) < 4.78 is 6.24. The van der Waals surface area contributed by atoms with Gasteiger partial charge in [0.25, 0.3) is 5.91 Å². The first-order valence-corrected chi connectivity index (χ1v) is 14.4. The summed E-state index contributed by atoms with van der Waals surface area (Å²) in [6.45, 7) is 6.81. The van der Waals surface area contributed by atoms with Crippen molar-refractivity contribution >= 4 is 50.6 Å². The molecule has 2 aliphatic heterocycles. The van der Waals surface area contributed by atoms with Crippen LogP contribution in [0.1, 0.15) is 53.8 Å². The quantitative estimate of drug-likeness (QED) is 0.346. The summed E-state index contributed by atoms with van der Waals surface area (Å²) in [5, 5.41) is 16.8. The number of ether oxygens (including phenoxy) is 1. The summed E-state index contributed by atoms with van der Waals surface area (Å²) in [6.07, 6.45) is 9.23. The number of benzene rings is 1. The Morgan fingerprint density at radius 1 is 1.26 bits per heavy atom. The first-order chi connectivity index (χ1) is 18.9. The number of aliphatic hydroxyl groups excluding tert-OH is 1. The number of aromatic nitrogens is 1. The van der Waals surface area contributed by atoms with Gasteiger partial charge in [-0.25, -0.2) is 9.78 Å². The molecule has 9 nitrogen and oxygen atoms in total. The second-order valence-electron chi connectivity index (χ2n) is 10.5. The van der Waals surface area contributed by atoms with Crippen molar-refractivity contribution in [1.82, 2.24) is 15.2 Å². The fourth-order valence-electron chi connectivity index (χ4n) is 5.86. The number of aliphatic hydroxyl groups is 1. The number of amides is 3. The number of urea groups is 1. The van der Waals surface area contributed by atoms with Crippen LogP contribution in [0.2, 0.25) is 0 Å². The number of thiophene rings is 1. The highest BCUT2D eigenvalue weighted by Gasteiger charge is 2.35. The number of pyridine rings is 1. The summed E-state index contributed by atoms with van der Waals surface area (Å²) in [6, 6.07) is 7.23.